The van der Waals surface area contributed by atoms with Gasteiger partial charge in [0.1, 0.15) is 5.52 Å². The Morgan fingerprint density at radius 2 is 0.960 bits per heavy atom. The highest BCUT2D eigenvalue weighted by molar-refractivity contribution is 7.26. The first kappa shape index (κ1) is 28.5. The van der Waals surface area contributed by atoms with E-state index in [2.05, 4.69) is 66.7 Å². The van der Waals surface area contributed by atoms with Crippen molar-refractivity contribution >= 4 is 53.4 Å². The summed E-state index contributed by atoms with van der Waals surface area (Å²) in [5, 5.41) is 4.44. The molecule has 3 heterocycles. The van der Waals surface area contributed by atoms with Crippen LogP contribution >= 0.6 is 11.3 Å². The van der Waals surface area contributed by atoms with Gasteiger partial charge >= 0.3 is 0 Å². The molecule has 10 aromatic rings. The average molecular weight is 659 g/mol. The number of fused-ring (bicyclic) bond motifs is 6. The molecule has 234 valence electrons. The molecule has 50 heavy (non-hydrogen) atoms. The molecular formula is C44H26N4OS. The van der Waals surface area contributed by atoms with Gasteiger partial charge in [-0.1, -0.05) is 133 Å². The SMILES string of the molecule is c1ccc(-c2nc(-c3ccccc3)nc(-c3cccc4c(-c5cc6nc(-c7ccccc7)oc6c6c5sc5ccccc56)cccc34)n2)cc1. The summed E-state index contributed by atoms with van der Waals surface area (Å²) in [7, 11) is 0. The zero-order chi connectivity index (χ0) is 33.0. The Bertz CT molecular complexity index is 2810. The van der Waals surface area contributed by atoms with Crippen molar-refractivity contribution in [3.05, 3.63) is 158 Å². The van der Waals surface area contributed by atoms with Gasteiger partial charge < -0.3 is 4.42 Å². The normalized spacial score (nSPS) is 11.6. The first-order chi connectivity index (χ1) is 24.8. The lowest BCUT2D eigenvalue weighted by atomic mass is 9.94. The molecule has 0 unspecified atom stereocenters. The van der Waals surface area contributed by atoms with E-state index in [9.17, 15) is 0 Å². The standard InChI is InChI=1S/C44H26N4OS/c1-4-14-27(15-5-1)41-46-42(28-16-6-2-7-17-28)48-43(47-41)33-24-13-21-30-31(33)22-12-23-32(30)35-26-36-39(49-44(45-36)29-18-8-3-9-19-29)38-34-20-10-11-25-37(34)50-40(35)38/h1-26H. The summed E-state index contributed by atoms with van der Waals surface area (Å²) in [5.41, 5.74) is 7.67. The van der Waals surface area contributed by atoms with E-state index in [1.54, 1.807) is 11.3 Å². The minimum Gasteiger partial charge on any atom is -0.435 e. The average Bonchev–Trinajstić information content (AvgIpc) is 3.80. The number of hydrogen-bond donors (Lipinski definition) is 0. The van der Waals surface area contributed by atoms with Crippen LogP contribution in [0.3, 0.4) is 0 Å². The van der Waals surface area contributed by atoms with E-state index < -0.39 is 0 Å². The van der Waals surface area contributed by atoms with Gasteiger partial charge in [-0.25, -0.2) is 19.9 Å². The maximum Gasteiger partial charge on any atom is 0.227 e. The first-order valence-electron chi connectivity index (χ1n) is 16.5. The van der Waals surface area contributed by atoms with Crippen LogP contribution in [-0.2, 0) is 0 Å². The molecule has 7 aromatic carbocycles. The van der Waals surface area contributed by atoms with Crippen molar-refractivity contribution in [2.45, 2.75) is 0 Å². The van der Waals surface area contributed by atoms with E-state index >= 15 is 0 Å². The van der Waals surface area contributed by atoms with Gasteiger partial charge in [0.05, 0.1) is 0 Å². The van der Waals surface area contributed by atoms with E-state index in [4.69, 9.17) is 24.4 Å². The Morgan fingerprint density at radius 3 is 1.64 bits per heavy atom. The van der Waals surface area contributed by atoms with Crippen molar-refractivity contribution in [1.29, 1.82) is 0 Å². The van der Waals surface area contributed by atoms with Gasteiger partial charge in [-0.3, -0.25) is 0 Å². The van der Waals surface area contributed by atoms with Crippen LogP contribution < -0.4 is 0 Å². The summed E-state index contributed by atoms with van der Waals surface area (Å²) in [4.78, 5) is 20.1. The lowest BCUT2D eigenvalue weighted by Gasteiger charge is -2.13. The van der Waals surface area contributed by atoms with Crippen molar-refractivity contribution in [1.82, 2.24) is 19.9 Å². The first-order valence-corrected chi connectivity index (χ1v) is 17.3. The molecule has 0 radical (unpaired) electrons. The highest BCUT2D eigenvalue weighted by Crippen LogP contribution is 2.46. The Labute approximate surface area is 291 Å². The molecule has 0 saturated carbocycles. The Kier molecular flexibility index (Phi) is 6.60. The third-order valence-corrected chi connectivity index (χ3v) is 10.4. The quantitative estimate of drug-likeness (QED) is 0.184. The monoisotopic (exact) mass is 658 g/mol. The summed E-state index contributed by atoms with van der Waals surface area (Å²) in [6.07, 6.45) is 0. The predicted molar refractivity (Wildman–Crippen MR) is 205 cm³/mol. The van der Waals surface area contributed by atoms with Crippen molar-refractivity contribution in [2.24, 2.45) is 0 Å². The molecule has 0 N–H and O–H groups in total. The van der Waals surface area contributed by atoms with Crippen LogP contribution in [-0.4, -0.2) is 19.9 Å². The molecule has 0 aliphatic carbocycles. The van der Waals surface area contributed by atoms with Gasteiger partial charge in [-0.2, -0.15) is 0 Å². The number of rotatable bonds is 5. The summed E-state index contributed by atoms with van der Waals surface area (Å²) in [5.74, 6) is 2.53. The topological polar surface area (TPSA) is 64.7 Å². The highest BCUT2D eigenvalue weighted by Gasteiger charge is 2.21. The second-order valence-corrected chi connectivity index (χ2v) is 13.3. The van der Waals surface area contributed by atoms with Gasteiger partial charge in [-0.15, -0.1) is 11.3 Å². The smallest absolute Gasteiger partial charge is 0.227 e. The van der Waals surface area contributed by atoms with Gasteiger partial charge in [-0.05, 0) is 40.6 Å². The molecule has 0 atom stereocenters. The van der Waals surface area contributed by atoms with Gasteiger partial charge in [0, 0.05) is 48.0 Å². The maximum atomic E-state index is 6.56. The third kappa shape index (κ3) is 4.69. The molecule has 0 spiro atoms. The molecule has 0 amide bonds. The molecule has 0 aliphatic rings. The van der Waals surface area contributed by atoms with E-state index in [0.29, 0.717) is 23.4 Å². The molecule has 0 fully saturated rings. The van der Waals surface area contributed by atoms with Crippen LogP contribution in [0.2, 0.25) is 0 Å². The van der Waals surface area contributed by atoms with Crippen molar-refractivity contribution in [2.75, 3.05) is 0 Å². The van der Waals surface area contributed by atoms with E-state index in [-0.39, 0.29) is 0 Å². The van der Waals surface area contributed by atoms with E-state index in [1.165, 1.54) is 14.8 Å². The summed E-state index contributed by atoms with van der Waals surface area (Å²) >= 11 is 1.79. The molecule has 0 aliphatic heterocycles. The Balaban J connectivity index is 1.22. The van der Waals surface area contributed by atoms with Crippen LogP contribution in [0.25, 0.3) is 98.8 Å². The molecular weight excluding hydrogens is 633 g/mol. The highest BCUT2D eigenvalue weighted by atomic mass is 32.1. The van der Waals surface area contributed by atoms with Gasteiger partial charge in [0.15, 0.2) is 23.1 Å². The zero-order valence-corrected chi connectivity index (χ0v) is 27.4. The van der Waals surface area contributed by atoms with Crippen LogP contribution in [0, 0.1) is 0 Å². The lowest BCUT2D eigenvalue weighted by molar-refractivity contribution is 0.623. The summed E-state index contributed by atoms with van der Waals surface area (Å²) < 4.78 is 8.94. The van der Waals surface area contributed by atoms with Crippen LogP contribution in [0.15, 0.2) is 162 Å². The number of thiophene rings is 1. The van der Waals surface area contributed by atoms with Crippen molar-refractivity contribution < 1.29 is 4.42 Å². The molecule has 5 nitrogen and oxygen atoms in total. The number of oxazole rings is 1. The fourth-order valence-electron chi connectivity index (χ4n) is 6.84. The predicted octanol–water partition coefficient (Wildman–Crippen LogP) is 11.9. The minimum atomic E-state index is 0.618. The van der Waals surface area contributed by atoms with Crippen molar-refractivity contribution in [3.63, 3.8) is 0 Å². The maximum absolute atomic E-state index is 6.56. The van der Waals surface area contributed by atoms with E-state index in [0.717, 1.165) is 60.6 Å². The molecule has 3 aromatic heterocycles. The van der Waals surface area contributed by atoms with E-state index in [1.807, 2.05) is 91.0 Å². The second kappa shape index (κ2) is 11.6. The fourth-order valence-corrected chi connectivity index (χ4v) is 8.07. The number of aromatic nitrogens is 4. The second-order valence-electron chi connectivity index (χ2n) is 12.2. The van der Waals surface area contributed by atoms with Gasteiger partial charge in [0.25, 0.3) is 0 Å². The number of benzene rings is 7. The fraction of sp³-hybridized carbons (Fsp3) is 0. The van der Waals surface area contributed by atoms with Crippen LogP contribution in [0.1, 0.15) is 0 Å². The van der Waals surface area contributed by atoms with Crippen LogP contribution in [0.5, 0.6) is 0 Å². The third-order valence-electron chi connectivity index (χ3n) is 9.17. The Morgan fingerprint density at radius 1 is 0.420 bits per heavy atom. The zero-order valence-electron chi connectivity index (χ0n) is 26.6. The summed E-state index contributed by atoms with van der Waals surface area (Å²) in [6, 6.07) is 53.9. The number of hydrogen-bond acceptors (Lipinski definition) is 6. The molecule has 6 heteroatoms. The molecule has 10 rings (SSSR count). The minimum absolute atomic E-state index is 0.618. The van der Waals surface area contributed by atoms with Crippen LogP contribution in [0.4, 0.5) is 0 Å². The Hall–Kier alpha value is -6.50. The van der Waals surface area contributed by atoms with Gasteiger partial charge in [0.2, 0.25) is 5.89 Å². The largest absolute Gasteiger partial charge is 0.435 e. The molecule has 0 bridgehead atoms. The lowest BCUT2D eigenvalue weighted by Crippen LogP contribution is -2.00. The number of nitrogens with zero attached hydrogens (tertiary/aromatic N) is 4. The van der Waals surface area contributed by atoms with Crippen molar-refractivity contribution in [3.8, 4) is 56.7 Å². The molecule has 0 saturated heterocycles. The summed E-state index contributed by atoms with van der Waals surface area (Å²) in [6.45, 7) is 0.